The molecular weight excluding hydrogens is 390 g/mol. The number of rotatable bonds is 9. The van der Waals surface area contributed by atoms with Gasteiger partial charge in [-0.1, -0.05) is 42.8 Å². The van der Waals surface area contributed by atoms with Crippen molar-refractivity contribution in [2.24, 2.45) is 0 Å². The predicted octanol–water partition coefficient (Wildman–Crippen LogP) is 2.28. The molecule has 0 amide bonds. The van der Waals surface area contributed by atoms with E-state index in [1.807, 2.05) is 38.1 Å². The van der Waals surface area contributed by atoms with Gasteiger partial charge >= 0.3 is 17.7 Å². The zero-order valence-corrected chi connectivity index (χ0v) is 16.8. The first-order chi connectivity index (χ1) is 14.2. The van der Waals surface area contributed by atoms with Gasteiger partial charge in [0, 0.05) is 12.6 Å². The molecule has 2 aromatic rings. The molecule has 30 heavy (non-hydrogen) atoms. The topological polar surface area (TPSA) is 125 Å². The lowest BCUT2D eigenvalue weighted by molar-refractivity contribution is -0.194. The number of ether oxygens (including phenoxy) is 2. The van der Waals surface area contributed by atoms with Crippen LogP contribution in [0.3, 0.4) is 0 Å². The Morgan fingerprint density at radius 2 is 1.77 bits per heavy atom. The zero-order chi connectivity index (χ0) is 21.9. The summed E-state index contributed by atoms with van der Waals surface area (Å²) < 4.78 is 10.2. The van der Waals surface area contributed by atoms with Gasteiger partial charge in [0.25, 0.3) is 0 Å². The maximum atomic E-state index is 11.4. The molecule has 2 unspecified atom stereocenters. The normalized spacial score (nSPS) is 16.1. The van der Waals surface area contributed by atoms with Crippen molar-refractivity contribution in [1.82, 2.24) is 5.32 Å². The highest BCUT2D eigenvalue weighted by Crippen LogP contribution is 2.40. The molecule has 2 aromatic carbocycles. The van der Waals surface area contributed by atoms with Crippen molar-refractivity contribution in [3.63, 3.8) is 0 Å². The first-order valence-corrected chi connectivity index (χ1v) is 9.71. The molecule has 0 spiro atoms. The second-order valence-corrected chi connectivity index (χ2v) is 7.36. The molecule has 0 radical (unpaired) electrons. The number of carboxylic acids is 2. The van der Waals surface area contributed by atoms with Gasteiger partial charge in [-0.15, -0.1) is 0 Å². The second kappa shape index (κ2) is 8.73. The van der Waals surface area contributed by atoms with E-state index < -0.39 is 23.8 Å². The van der Waals surface area contributed by atoms with Gasteiger partial charge in [-0.2, -0.15) is 0 Å². The Kier molecular flexibility index (Phi) is 6.28. The number of carboxylic acid groups (broad SMARTS) is 2. The van der Waals surface area contributed by atoms with Crippen LogP contribution in [0, 0.1) is 6.92 Å². The molecule has 0 aromatic heterocycles. The summed E-state index contributed by atoms with van der Waals surface area (Å²) in [5.41, 5.74) is 2.75. The number of aryl methyl sites for hydroxylation is 1. The molecule has 2 atom stereocenters. The number of fused-ring (bicyclic) bond motifs is 1. The Labute approximate surface area is 174 Å². The van der Waals surface area contributed by atoms with Gasteiger partial charge < -0.3 is 30.1 Å². The van der Waals surface area contributed by atoms with Gasteiger partial charge in [-0.05, 0) is 43.0 Å². The quantitative estimate of drug-likeness (QED) is 0.460. The Bertz CT molecular complexity index is 929. The van der Waals surface area contributed by atoms with Crippen LogP contribution in [0.5, 0.6) is 11.5 Å². The standard InChI is InChI=1S/C22H25NO7/c1-3-16(23-12-17(24)15-6-4-5-13(2)9-15)10-14-7-8-18-19(11-14)30-22(29-18,20(25)26)21(27)28/h4-9,11,16-17,23-24H,3,10,12H2,1-2H3,(H,25,26)(H,27,28). The average molecular weight is 415 g/mol. The molecule has 0 bridgehead atoms. The Morgan fingerprint density at radius 3 is 2.40 bits per heavy atom. The lowest BCUT2D eigenvalue weighted by Crippen LogP contribution is -2.54. The number of aliphatic hydroxyl groups is 1. The predicted molar refractivity (Wildman–Crippen MR) is 108 cm³/mol. The number of hydrogen-bond donors (Lipinski definition) is 4. The smallest absolute Gasteiger partial charge is 0.453 e. The van der Waals surface area contributed by atoms with Gasteiger partial charge in [0.15, 0.2) is 11.5 Å². The van der Waals surface area contributed by atoms with Gasteiger partial charge in [0.05, 0.1) is 6.10 Å². The van der Waals surface area contributed by atoms with Crippen molar-refractivity contribution in [2.75, 3.05) is 6.54 Å². The van der Waals surface area contributed by atoms with Crippen LogP contribution in [0.25, 0.3) is 0 Å². The number of benzene rings is 2. The Balaban J connectivity index is 1.65. The summed E-state index contributed by atoms with van der Waals surface area (Å²) in [7, 11) is 0. The maximum absolute atomic E-state index is 11.4. The molecule has 1 aliphatic heterocycles. The van der Waals surface area contributed by atoms with Crippen LogP contribution < -0.4 is 14.8 Å². The highest BCUT2D eigenvalue weighted by atomic mass is 16.8. The summed E-state index contributed by atoms with van der Waals surface area (Å²) in [5.74, 6) is -6.08. The molecule has 0 aliphatic carbocycles. The largest absolute Gasteiger partial charge is 0.475 e. The molecule has 0 fully saturated rings. The van der Waals surface area contributed by atoms with E-state index in [-0.39, 0.29) is 17.5 Å². The van der Waals surface area contributed by atoms with E-state index in [1.54, 1.807) is 12.1 Å². The molecule has 0 saturated carbocycles. The van der Waals surface area contributed by atoms with Gasteiger partial charge in [0.2, 0.25) is 0 Å². The molecule has 1 aliphatic rings. The summed E-state index contributed by atoms with van der Waals surface area (Å²) in [6, 6.07) is 12.6. The molecule has 3 rings (SSSR count). The van der Waals surface area contributed by atoms with Crippen LogP contribution >= 0.6 is 0 Å². The van der Waals surface area contributed by atoms with Crippen molar-refractivity contribution in [1.29, 1.82) is 0 Å². The van der Waals surface area contributed by atoms with Gasteiger partial charge in [0.1, 0.15) is 0 Å². The van der Waals surface area contributed by atoms with E-state index in [9.17, 15) is 24.9 Å². The van der Waals surface area contributed by atoms with E-state index >= 15 is 0 Å². The van der Waals surface area contributed by atoms with Crippen LogP contribution in [0.2, 0.25) is 0 Å². The highest BCUT2D eigenvalue weighted by Gasteiger charge is 2.57. The van der Waals surface area contributed by atoms with Crippen molar-refractivity contribution in [3.8, 4) is 11.5 Å². The number of nitrogens with one attached hydrogen (secondary N) is 1. The fraction of sp³-hybridized carbons (Fsp3) is 0.364. The molecule has 0 saturated heterocycles. The van der Waals surface area contributed by atoms with E-state index in [0.29, 0.717) is 13.0 Å². The minimum absolute atomic E-state index is 0.0496. The van der Waals surface area contributed by atoms with Gasteiger partial charge in [-0.25, -0.2) is 9.59 Å². The van der Waals surface area contributed by atoms with Crippen LogP contribution in [-0.2, 0) is 16.0 Å². The summed E-state index contributed by atoms with van der Waals surface area (Å²) in [6.07, 6.45) is 0.742. The van der Waals surface area contributed by atoms with Crippen molar-refractivity contribution in [2.45, 2.75) is 44.6 Å². The number of carbonyl (C=O) groups is 2. The number of aliphatic carboxylic acids is 2. The minimum atomic E-state index is -2.76. The monoisotopic (exact) mass is 415 g/mol. The third-order valence-electron chi connectivity index (χ3n) is 5.08. The summed E-state index contributed by atoms with van der Waals surface area (Å²) in [4.78, 5) is 22.7. The van der Waals surface area contributed by atoms with E-state index in [0.717, 1.165) is 23.1 Å². The van der Waals surface area contributed by atoms with Crippen molar-refractivity contribution >= 4 is 11.9 Å². The fourth-order valence-electron chi connectivity index (χ4n) is 3.36. The SMILES string of the molecule is CCC(Cc1ccc2c(c1)OC(C(=O)O)(C(=O)O)O2)NCC(O)c1cccc(C)c1. The zero-order valence-electron chi connectivity index (χ0n) is 16.8. The lowest BCUT2D eigenvalue weighted by Gasteiger charge is -2.20. The fourth-order valence-corrected chi connectivity index (χ4v) is 3.36. The highest BCUT2D eigenvalue weighted by molar-refractivity contribution is 6.01. The van der Waals surface area contributed by atoms with E-state index in [2.05, 4.69) is 5.32 Å². The number of aliphatic hydroxyl groups excluding tert-OH is 1. The first-order valence-electron chi connectivity index (χ1n) is 9.71. The summed E-state index contributed by atoms with van der Waals surface area (Å²) >= 11 is 0. The van der Waals surface area contributed by atoms with Crippen molar-refractivity contribution < 1.29 is 34.4 Å². The Hall–Kier alpha value is -3.10. The molecule has 4 N–H and O–H groups in total. The average Bonchev–Trinajstić information content (AvgIpc) is 3.11. The van der Waals surface area contributed by atoms with Crippen LogP contribution in [0.1, 0.15) is 36.1 Å². The third-order valence-corrected chi connectivity index (χ3v) is 5.08. The molecule has 160 valence electrons. The van der Waals surface area contributed by atoms with Gasteiger partial charge in [-0.3, -0.25) is 0 Å². The van der Waals surface area contributed by atoms with Crippen molar-refractivity contribution in [3.05, 3.63) is 59.2 Å². The van der Waals surface area contributed by atoms with Crippen LogP contribution in [0.15, 0.2) is 42.5 Å². The van der Waals surface area contributed by atoms with E-state index in [4.69, 9.17) is 9.47 Å². The summed E-state index contributed by atoms with van der Waals surface area (Å²) in [5, 5.41) is 32.2. The minimum Gasteiger partial charge on any atom is -0.475 e. The lowest BCUT2D eigenvalue weighted by atomic mass is 10.0. The maximum Gasteiger partial charge on any atom is 0.453 e. The third kappa shape index (κ3) is 4.39. The second-order valence-electron chi connectivity index (χ2n) is 7.36. The Morgan fingerprint density at radius 1 is 1.07 bits per heavy atom. The van der Waals surface area contributed by atoms with Crippen LogP contribution in [-0.4, -0.2) is 45.6 Å². The number of hydrogen-bond acceptors (Lipinski definition) is 6. The first kappa shape index (κ1) is 21.6. The van der Waals surface area contributed by atoms with Crippen LogP contribution in [0.4, 0.5) is 0 Å². The summed E-state index contributed by atoms with van der Waals surface area (Å²) in [6.45, 7) is 4.37. The molecule has 8 heteroatoms. The molecular formula is C22H25NO7. The van der Waals surface area contributed by atoms with E-state index in [1.165, 1.54) is 6.07 Å². The molecule has 1 heterocycles. The molecule has 8 nitrogen and oxygen atoms in total.